The van der Waals surface area contributed by atoms with Crippen LogP contribution in [0.1, 0.15) is 31.4 Å². The highest BCUT2D eigenvalue weighted by molar-refractivity contribution is 5.97. The van der Waals surface area contributed by atoms with Gasteiger partial charge in [-0.05, 0) is 17.9 Å². The summed E-state index contributed by atoms with van der Waals surface area (Å²) in [7, 11) is 0. The highest BCUT2D eigenvalue weighted by Gasteiger charge is 2.17. The summed E-state index contributed by atoms with van der Waals surface area (Å²) in [4.78, 5) is 0. The first-order valence-corrected chi connectivity index (χ1v) is 6.48. The third-order valence-electron chi connectivity index (χ3n) is 3.17. The quantitative estimate of drug-likeness (QED) is 0.264. The number of nitrogens with zero attached hydrogens (tertiary/aromatic N) is 1. The zero-order valence-corrected chi connectivity index (χ0v) is 11.9. The van der Waals surface area contributed by atoms with Crippen molar-refractivity contribution in [2.75, 3.05) is 13.2 Å². The summed E-state index contributed by atoms with van der Waals surface area (Å²) in [6.45, 7) is 5.18. The number of nitrogens with two attached hydrogens (primary N) is 1. The minimum Gasteiger partial charge on any atom is -0.409 e. The SMILES string of the molecule is CC(C)(CCO)CNCc1cccc(/C(N)=N/O)c1F. The van der Waals surface area contributed by atoms with Gasteiger partial charge in [0.15, 0.2) is 5.84 Å². The van der Waals surface area contributed by atoms with Gasteiger partial charge in [0.2, 0.25) is 0 Å². The number of nitrogens with one attached hydrogen (secondary N) is 1. The molecule has 1 aromatic carbocycles. The maximum absolute atomic E-state index is 14.1. The Balaban J connectivity index is 2.70. The summed E-state index contributed by atoms with van der Waals surface area (Å²) >= 11 is 0. The molecular weight excluding hydrogens is 261 g/mol. The summed E-state index contributed by atoms with van der Waals surface area (Å²) in [6, 6.07) is 4.77. The average molecular weight is 283 g/mol. The van der Waals surface area contributed by atoms with Gasteiger partial charge >= 0.3 is 0 Å². The number of halogens is 1. The van der Waals surface area contributed by atoms with Gasteiger partial charge in [-0.1, -0.05) is 31.1 Å². The number of aliphatic hydroxyl groups is 1. The zero-order valence-electron chi connectivity index (χ0n) is 11.9. The Labute approximate surface area is 118 Å². The van der Waals surface area contributed by atoms with E-state index < -0.39 is 5.82 Å². The van der Waals surface area contributed by atoms with E-state index in [1.54, 1.807) is 12.1 Å². The largest absolute Gasteiger partial charge is 0.409 e. The number of hydrogen-bond acceptors (Lipinski definition) is 4. The second-order valence-electron chi connectivity index (χ2n) is 5.51. The molecule has 112 valence electrons. The predicted molar refractivity (Wildman–Crippen MR) is 76.1 cm³/mol. The summed E-state index contributed by atoms with van der Waals surface area (Å²) in [5.74, 6) is -0.736. The van der Waals surface area contributed by atoms with Gasteiger partial charge < -0.3 is 21.4 Å². The molecule has 0 aliphatic heterocycles. The molecule has 0 saturated heterocycles. The van der Waals surface area contributed by atoms with E-state index in [2.05, 4.69) is 10.5 Å². The first kappa shape index (κ1) is 16.4. The molecule has 0 aliphatic carbocycles. The van der Waals surface area contributed by atoms with E-state index in [1.807, 2.05) is 13.8 Å². The maximum Gasteiger partial charge on any atom is 0.173 e. The zero-order chi connectivity index (χ0) is 15.2. The molecule has 6 heteroatoms. The Hall–Kier alpha value is -1.66. The third-order valence-corrected chi connectivity index (χ3v) is 3.17. The van der Waals surface area contributed by atoms with Gasteiger partial charge in [-0.3, -0.25) is 0 Å². The van der Waals surface area contributed by atoms with Crippen molar-refractivity contribution in [1.29, 1.82) is 0 Å². The minimum absolute atomic E-state index is 0.0611. The number of rotatable bonds is 7. The van der Waals surface area contributed by atoms with Crippen molar-refractivity contribution in [2.24, 2.45) is 16.3 Å². The van der Waals surface area contributed by atoms with Crippen LogP contribution in [-0.4, -0.2) is 29.3 Å². The molecule has 0 fully saturated rings. The van der Waals surface area contributed by atoms with E-state index in [-0.39, 0.29) is 23.4 Å². The van der Waals surface area contributed by atoms with E-state index in [4.69, 9.17) is 16.0 Å². The van der Waals surface area contributed by atoms with Gasteiger partial charge in [0.1, 0.15) is 5.82 Å². The Morgan fingerprint density at radius 1 is 1.45 bits per heavy atom. The van der Waals surface area contributed by atoms with Crippen LogP contribution in [0.4, 0.5) is 4.39 Å². The van der Waals surface area contributed by atoms with Gasteiger partial charge in [0.25, 0.3) is 0 Å². The molecule has 0 bridgehead atoms. The molecule has 0 radical (unpaired) electrons. The lowest BCUT2D eigenvalue weighted by molar-refractivity contribution is 0.207. The van der Waals surface area contributed by atoms with Crippen molar-refractivity contribution in [3.63, 3.8) is 0 Å². The van der Waals surface area contributed by atoms with Crippen LogP contribution in [0, 0.1) is 11.2 Å². The van der Waals surface area contributed by atoms with E-state index >= 15 is 0 Å². The fourth-order valence-corrected chi connectivity index (χ4v) is 1.89. The van der Waals surface area contributed by atoms with Crippen LogP contribution in [0.15, 0.2) is 23.4 Å². The van der Waals surface area contributed by atoms with Crippen molar-refractivity contribution in [3.05, 3.63) is 35.1 Å². The molecule has 5 N–H and O–H groups in total. The number of hydrogen-bond donors (Lipinski definition) is 4. The number of amidine groups is 1. The van der Waals surface area contributed by atoms with Crippen LogP contribution in [0.2, 0.25) is 0 Å². The Morgan fingerprint density at radius 2 is 2.15 bits per heavy atom. The van der Waals surface area contributed by atoms with Crippen LogP contribution in [0.5, 0.6) is 0 Å². The highest BCUT2D eigenvalue weighted by atomic mass is 19.1. The summed E-state index contributed by atoms with van der Waals surface area (Å²) in [5, 5.41) is 23.5. The maximum atomic E-state index is 14.1. The molecule has 0 spiro atoms. The lowest BCUT2D eigenvalue weighted by atomic mass is 9.89. The summed E-state index contributed by atoms with van der Waals surface area (Å²) in [6.07, 6.45) is 0.673. The van der Waals surface area contributed by atoms with E-state index in [9.17, 15) is 4.39 Å². The fourth-order valence-electron chi connectivity index (χ4n) is 1.89. The molecule has 0 saturated carbocycles. The van der Waals surface area contributed by atoms with Gasteiger partial charge in [-0.15, -0.1) is 0 Å². The summed E-state index contributed by atoms with van der Waals surface area (Å²) < 4.78 is 14.1. The van der Waals surface area contributed by atoms with Crippen LogP contribution >= 0.6 is 0 Å². The Morgan fingerprint density at radius 3 is 2.75 bits per heavy atom. The molecule has 5 nitrogen and oxygen atoms in total. The molecule has 0 amide bonds. The molecular formula is C14H22FN3O2. The molecule has 1 aromatic rings. The van der Waals surface area contributed by atoms with Crippen molar-refractivity contribution in [2.45, 2.75) is 26.8 Å². The van der Waals surface area contributed by atoms with E-state index in [0.29, 0.717) is 25.1 Å². The molecule has 0 unspecified atom stereocenters. The van der Waals surface area contributed by atoms with Gasteiger partial charge in [0.05, 0.1) is 5.56 Å². The number of benzene rings is 1. The van der Waals surface area contributed by atoms with Gasteiger partial charge in [-0.25, -0.2) is 4.39 Å². The lowest BCUT2D eigenvalue weighted by Crippen LogP contribution is -2.30. The number of oxime groups is 1. The predicted octanol–water partition coefficient (Wildman–Crippen LogP) is 1.42. The third kappa shape index (κ3) is 4.47. The summed E-state index contributed by atoms with van der Waals surface area (Å²) in [5.41, 5.74) is 5.89. The van der Waals surface area contributed by atoms with Crippen LogP contribution in [-0.2, 0) is 6.54 Å². The molecule has 20 heavy (non-hydrogen) atoms. The normalized spacial score (nSPS) is 12.7. The van der Waals surface area contributed by atoms with Crippen molar-refractivity contribution >= 4 is 5.84 Å². The van der Waals surface area contributed by atoms with Crippen molar-refractivity contribution in [1.82, 2.24) is 5.32 Å². The van der Waals surface area contributed by atoms with Crippen LogP contribution < -0.4 is 11.1 Å². The van der Waals surface area contributed by atoms with E-state index in [0.717, 1.165) is 0 Å². The molecule has 0 atom stereocenters. The monoisotopic (exact) mass is 283 g/mol. The second-order valence-corrected chi connectivity index (χ2v) is 5.51. The standard InChI is InChI=1S/C14H22FN3O2/c1-14(2,6-7-19)9-17-8-10-4-3-5-11(12(10)15)13(16)18-20/h3-5,17,19-20H,6-9H2,1-2H3,(H2,16,18). The van der Waals surface area contributed by atoms with Crippen molar-refractivity contribution < 1.29 is 14.7 Å². The first-order chi connectivity index (χ1) is 9.41. The Kier molecular flexibility index (Phi) is 5.91. The molecule has 1 rings (SSSR count). The highest BCUT2D eigenvalue weighted by Crippen LogP contribution is 2.19. The first-order valence-electron chi connectivity index (χ1n) is 6.48. The molecule has 0 aromatic heterocycles. The smallest absolute Gasteiger partial charge is 0.173 e. The fraction of sp³-hybridized carbons (Fsp3) is 0.500. The van der Waals surface area contributed by atoms with E-state index in [1.165, 1.54) is 6.07 Å². The Bertz CT molecular complexity index is 475. The molecule has 0 heterocycles. The van der Waals surface area contributed by atoms with Gasteiger partial charge in [-0.2, -0.15) is 0 Å². The number of aliphatic hydroxyl groups excluding tert-OH is 1. The van der Waals surface area contributed by atoms with Crippen molar-refractivity contribution in [3.8, 4) is 0 Å². The topological polar surface area (TPSA) is 90.9 Å². The minimum atomic E-state index is -0.490. The molecule has 0 aliphatic rings. The average Bonchev–Trinajstić information content (AvgIpc) is 2.39. The lowest BCUT2D eigenvalue weighted by Gasteiger charge is -2.24. The van der Waals surface area contributed by atoms with Gasteiger partial charge in [0, 0.05) is 25.3 Å². The van der Waals surface area contributed by atoms with Crippen LogP contribution in [0.25, 0.3) is 0 Å². The van der Waals surface area contributed by atoms with Crippen LogP contribution in [0.3, 0.4) is 0 Å². The second kappa shape index (κ2) is 7.21.